The summed E-state index contributed by atoms with van der Waals surface area (Å²) in [4.78, 5) is 42.4. The molecule has 2 amide bonds. The van der Waals surface area contributed by atoms with Crippen LogP contribution < -0.4 is 0 Å². The Hall–Kier alpha value is -1.65. The number of hydrogen-bond donors (Lipinski definition) is 1. The molecule has 0 radical (unpaired) electrons. The van der Waals surface area contributed by atoms with Gasteiger partial charge in [0.05, 0.1) is 19.3 Å². The largest absolute Gasteiger partial charge is 0.468 e. The molecule has 2 atom stereocenters. The molecule has 1 N–H and O–H groups in total. The molecule has 3 aliphatic heterocycles. The van der Waals surface area contributed by atoms with E-state index in [4.69, 9.17) is 0 Å². The van der Waals surface area contributed by atoms with E-state index in [9.17, 15) is 28.3 Å². The van der Waals surface area contributed by atoms with Crippen LogP contribution in [0.5, 0.6) is 0 Å². The number of aliphatic hydroxyl groups excluding tert-OH is 1. The van der Waals surface area contributed by atoms with Gasteiger partial charge in [-0.05, 0) is 19.3 Å². The van der Waals surface area contributed by atoms with Gasteiger partial charge >= 0.3 is 5.97 Å². The smallest absolute Gasteiger partial charge is 0.325 e. The molecule has 0 bridgehead atoms. The molecule has 3 heterocycles. The zero-order valence-electron chi connectivity index (χ0n) is 15.8. The summed E-state index contributed by atoms with van der Waals surface area (Å²) in [5, 5.41) is 10.1. The summed E-state index contributed by atoms with van der Waals surface area (Å²) in [6, 6.07) is -0.675. The van der Waals surface area contributed by atoms with Crippen LogP contribution in [0.15, 0.2) is 0 Å². The van der Waals surface area contributed by atoms with Crippen molar-refractivity contribution < 1.29 is 33.0 Å². The first kappa shape index (κ1) is 19.7. The molecule has 8 nitrogen and oxygen atoms in total. The predicted octanol–water partition coefficient (Wildman–Crippen LogP) is -0.404. The number of carbonyl (C=O) groups is 3. The lowest BCUT2D eigenvalue weighted by Gasteiger charge is -2.60. The first-order chi connectivity index (χ1) is 13.2. The molecule has 1 spiro atoms. The maximum Gasteiger partial charge on any atom is 0.325 e. The van der Waals surface area contributed by atoms with E-state index in [-0.39, 0.29) is 31.8 Å². The highest BCUT2D eigenvalue weighted by atomic mass is 19.3. The Kier molecular flexibility index (Phi) is 4.71. The molecule has 3 saturated heterocycles. The minimum Gasteiger partial charge on any atom is -0.468 e. The number of nitrogens with zero attached hydrogens (tertiary/aromatic N) is 3. The predicted molar refractivity (Wildman–Crippen MR) is 91.4 cm³/mol. The molecule has 0 aromatic rings. The van der Waals surface area contributed by atoms with Crippen molar-refractivity contribution in [1.29, 1.82) is 0 Å². The Morgan fingerprint density at radius 1 is 1.25 bits per heavy atom. The molecule has 1 aliphatic carbocycles. The third-order valence-corrected chi connectivity index (χ3v) is 6.67. The SMILES string of the molecule is COC(=O)CN1C(=O)C2CC(O)CN2C2(CN(C3CCC(F)(F)CC3)C2)C1=O. The van der Waals surface area contributed by atoms with Crippen LogP contribution in [0.25, 0.3) is 0 Å². The van der Waals surface area contributed by atoms with Crippen molar-refractivity contribution in [2.75, 3.05) is 33.3 Å². The van der Waals surface area contributed by atoms with Gasteiger partial charge in [-0.2, -0.15) is 0 Å². The number of ether oxygens (including phenoxy) is 1. The van der Waals surface area contributed by atoms with Gasteiger partial charge in [-0.3, -0.25) is 29.1 Å². The normalized spacial score (nSPS) is 33.1. The van der Waals surface area contributed by atoms with Crippen molar-refractivity contribution in [3.63, 3.8) is 0 Å². The maximum atomic E-state index is 13.4. The average Bonchev–Trinajstić information content (AvgIpc) is 3.00. The summed E-state index contributed by atoms with van der Waals surface area (Å²) in [7, 11) is 1.19. The van der Waals surface area contributed by atoms with Gasteiger partial charge in [0.15, 0.2) is 0 Å². The summed E-state index contributed by atoms with van der Waals surface area (Å²) in [5.41, 5.74) is -0.996. The van der Waals surface area contributed by atoms with Crippen molar-refractivity contribution in [3.05, 3.63) is 0 Å². The second kappa shape index (κ2) is 6.70. The average molecular weight is 401 g/mol. The lowest BCUT2D eigenvalue weighted by Crippen LogP contribution is -2.82. The number of hydrogen-bond acceptors (Lipinski definition) is 7. The lowest BCUT2D eigenvalue weighted by atomic mass is 9.79. The second-order valence-electron chi connectivity index (χ2n) is 8.39. The van der Waals surface area contributed by atoms with Gasteiger partial charge in [0.25, 0.3) is 5.91 Å². The Balaban J connectivity index is 1.53. The molecule has 4 rings (SSSR count). The summed E-state index contributed by atoms with van der Waals surface area (Å²) in [5.74, 6) is -4.26. The molecule has 0 aromatic carbocycles. The molecule has 2 unspecified atom stereocenters. The van der Waals surface area contributed by atoms with E-state index in [0.29, 0.717) is 25.9 Å². The monoisotopic (exact) mass is 401 g/mol. The van der Waals surface area contributed by atoms with Crippen molar-refractivity contribution >= 4 is 17.8 Å². The van der Waals surface area contributed by atoms with E-state index in [2.05, 4.69) is 4.74 Å². The topological polar surface area (TPSA) is 90.4 Å². The summed E-state index contributed by atoms with van der Waals surface area (Å²) < 4.78 is 31.5. The fourth-order valence-corrected chi connectivity index (χ4v) is 5.11. The molecule has 28 heavy (non-hydrogen) atoms. The van der Waals surface area contributed by atoms with Crippen molar-refractivity contribution in [2.45, 2.75) is 61.8 Å². The maximum absolute atomic E-state index is 13.4. The minimum absolute atomic E-state index is 0.0179. The van der Waals surface area contributed by atoms with Gasteiger partial charge in [-0.25, -0.2) is 8.78 Å². The number of esters is 1. The Labute approximate surface area is 161 Å². The van der Waals surface area contributed by atoms with E-state index in [1.165, 1.54) is 7.11 Å². The Morgan fingerprint density at radius 2 is 1.89 bits per heavy atom. The van der Waals surface area contributed by atoms with Gasteiger partial charge in [-0.15, -0.1) is 0 Å². The number of alkyl halides is 2. The van der Waals surface area contributed by atoms with E-state index >= 15 is 0 Å². The zero-order valence-corrected chi connectivity index (χ0v) is 15.8. The molecular weight excluding hydrogens is 376 g/mol. The van der Waals surface area contributed by atoms with Crippen LogP contribution in [0, 0.1) is 0 Å². The highest BCUT2D eigenvalue weighted by Crippen LogP contribution is 2.44. The van der Waals surface area contributed by atoms with Crippen molar-refractivity contribution in [1.82, 2.24) is 14.7 Å². The molecule has 156 valence electrons. The van der Waals surface area contributed by atoms with Crippen LogP contribution >= 0.6 is 0 Å². The van der Waals surface area contributed by atoms with Crippen LogP contribution in [0.2, 0.25) is 0 Å². The number of methoxy groups -OCH3 is 1. The third kappa shape index (κ3) is 3.02. The number of aliphatic hydroxyl groups is 1. The van der Waals surface area contributed by atoms with Gasteiger partial charge < -0.3 is 9.84 Å². The first-order valence-electron chi connectivity index (χ1n) is 9.66. The number of β-amino-alcohol motifs (C(OH)–C–C–N with tert-alkyl or cyclic N) is 1. The number of piperazine rings is 1. The summed E-state index contributed by atoms with van der Waals surface area (Å²) in [6.07, 6.45) is -0.0944. The van der Waals surface area contributed by atoms with Crippen LogP contribution in [0.3, 0.4) is 0 Å². The number of carbonyl (C=O) groups excluding carboxylic acids is 3. The highest BCUT2D eigenvalue weighted by Gasteiger charge is 2.65. The van der Waals surface area contributed by atoms with Crippen LogP contribution in [0.4, 0.5) is 8.78 Å². The fourth-order valence-electron chi connectivity index (χ4n) is 5.11. The van der Waals surface area contributed by atoms with Crippen LogP contribution in [-0.4, -0.2) is 101 Å². The highest BCUT2D eigenvalue weighted by molar-refractivity contribution is 6.07. The van der Waals surface area contributed by atoms with Gasteiger partial charge in [0.2, 0.25) is 11.8 Å². The van der Waals surface area contributed by atoms with E-state index in [0.717, 1.165) is 4.90 Å². The third-order valence-electron chi connectivity index (χ3n) is 6.67. The molecule has 4 aliphatic rings. The van der Waals surface area contributed by atoms with E-state index < -0.39 is 47.9 Å². The fraction of sp³-hybridized carbons (Fsp3) is 0.833. The Bertz CT molecular complexity index is 687. The lowest BCUT2D eigenvalue weighted by molar-refractivity contribution is -0.186. The number of rotatable bonds is 3. The Morgan fingerprint density at radius 3 is 2.50 bits per heavy atom. The van der Waals surface area contributed by atoms with E-state index in [1.54, 1.807) is 4.90 Å². The molecular formula is C18H25F2N3O5. The van der Waals surface area contributed by atoms with Gasteiger partial charge in [0, 0.05) is 38.5 Å². The second-order valence-corrected chi connectivity index (χ2v) is 8.39. The number of amides is 2. The minimum atomic E-state index is -2.62. The number of likely N-dealkylation sites (tertiary alicyclic amines) is 1. The number of imide groups is 1. The van der Waals surface area contributed by atoms with Crippen LogP contribution in [0.1, 0.15) is 32.1 Å². The molecule has 10 heteroatoms. The van der Waals surface area contributed by atoms with E-state index in [1.807, 2.05) is 4.90 Å². The molecule has 0 aromatic heterocycles. The first-order valence-corrected chi connectivity index (χ1v) is 9.66. The van der Waals surface area contributed by atoms with Gasteiger partial charge in [-0.1, -0.05) is 0 Å². The quantitative estimate of drug-likeness (QED) is 0.508. The number of fused-ring (bicyclic) bond motifs is 2. The summed E-state index contributed by atoms with van der Waals surface area (Å²) in [6.45, 7) is 0.392. The van der Waals surface area contributed by atoms with Gasteiger partial charge in [0.1, 0.15) is 12.1 Å². The summed E-state index contributed by atoms with van der Waals surface area (Å²) >= 11 is 0. The van der Waals surface area contributed by atoms with Crippen molar-refractivity contribution in [2.24, 2.45) is 0 Å². The molecule has 4 fully saturated rings. The molecule has 1 saturated carbocycles. The standard InChI is InChI=1S/C18H25F2N3O5/c1-28-14(25)8-22-15(26)13-6-12(24)7-23(13)17(16(22)27)9-21(10-17)11-2-4-18(19,20)5-3-11/h11-13,24H,2-10H2,1H3. The zero-order chi connectivity index (χ0) is 20.3. The van der Waals surface area contributed by atoms with Crippen molar-refractivity contribution in [3.8, 4) is 0 Å². The number of halogens is 2. The van der Waals surface area contributed by atoms with Crippen LogP contribution in [-0.2, 0) is 19.1 Å².